The zero-order chi connectivity index (χ0) is 24.3. The first kappa shape index (κ1) is 23.5. The van der Waals surface area contributed by atoms with E-state index in [1.165, 1.54) is 21.3 Å². The van der Waals surface area contributed by atoms with Gasteiger partial charge in [-0.2, -0.15) is 0 Å². The number of likely N-dealkylation sites (N-methyl/N-ethyl adjacent to an activating group) is 1. The van der Waals surface area contributed by atoms with E-state index in [1.54, 1.807) is 50.5 Å². The molecule has 0 fully saturated rings. The van der Waals surface area contributed by atoms with Crippen molar-refractivity contribution >= 4 is 33.2 Å². The summed E-state index contributed by atoms with van der Waals surface area (Å²) in [5.41, 5.74) is 3.34. The molecule has 4 rings (SSSR count). The molecule has 0 radical (unpaired) electrons. The average molecular weight is 478 g/mol. The molecule has 0 unspecified atom stereocenters. The maximum absolute atomic E-state index is 13.4. The predicted octanol–water partition coefficient (Wildman–Crippen LogP) is 3.71. The highest BCUT2D eigenvalue weighted by Crippen LogP contribution is 2.32. The zero-order valence-corrected chi connectivity index (χ0v) is 20.0. The van der Waals surface area contributed by atoms with Gasteiger partial charge in [0.2, 0.25) is 5.91 Å². The summed E-state index contributed by atoms with van der Waals surface area (Å²) < 4.78 is 28.3. The van der Waals surface area contributed by atoms with Crippen molar-refractivity contribution in [2.75, 3.05) is 30.3 Å². The van der Waals surface area contributed by atoms with Gasteiger partial charge in [0.1, 0.15) is 0 Å². The monoisotopic (exact) mass is 477 g/mol. The van der Waals surface area contributed by atoms with Crippen LogP contribution in [0.5, 0.6) is 0 Å². The van der Waals surface area contributed by atoms with Crippen LogP contribution in [-0.2, 0) is 27.7 Å². The number of carbonyl (C=O) groups excluding carboxylic acids is 2. The van der Waals surface area contributed by atoms with Crippen molar-refractivity contribution in [1.82, 2.24) is 4.90 Å². The van der Waals surface area contributed by atoms with Crippen molar-refractivity contribution in [3.63, 3.8) is 0 Å². The third kappa shape index (κ3) is 4.97. The molecular formula is C26H27N3O4S. The van der Waals surface area contributed by atoms with Crippen molar-refractivity contribution in [3.05, 3.63) is 89.5 Å². The molecule has 2 amide bonds. The molecule has 3 aromatic carbocycles. The SMILES string of the molecule is CN(C)C(=O)Cc1ccc(NC(=O)c2cccc(S(=O)(=O)N3CCCc4ccccc43)c2)cc1. The molecule has 1 heterocycles. The van der Waals surface area contributed by atoms with Crippen LogP contribution in [0.3, 0.4) is 0 Å². The van der Waals surface area contributed by atoms with E-state index in [0.29, 0.717) is 17.9 Å². The minimum absolute atomic E-state index is 0.00820. The average Bonchev–Trinajstić information content (AvgIpc) is 2.84. The van der Waals surface area contributed by atoms with Crippen LogP contribution in [0.1, 0.15) is 27.9 Å². The van der Waals surface area contributed by atoms with E-state index in [9.17, 15) is 18.0 Å². The number of para-hydroxylation sites is 1. The van der Waals surface area contributed by atoms with E-state index < -0.39 is 15.9 Å². The van der Waals surface area contributed by atoms with Gasteiger partial charge in [0.25, 0.3) is 15.9 Å². The van der Waals surface area contributed by atoms with Gasteiger partial charge in [-0.25, -0.2) is 8.42 Å². The van der Waals surface area contributed by atoms with Crippen LogP contribution < -0.4 is 9.62 Å². The summed E-state index contributed by atoms with van der Waals surface area (Å²) in [6.07, 6.45) is 1.86. The Hall–Kier alpha value is -3.65. The molecule has 0 spiro atoms. The molecule has 0 saturated carbocycles. The predicted molar refractivity (Wildman–Crippen MR) is 133 cm³/mol. The third-order valence-corrected chi connectivity index (χ3v) is 7.63. The van der Waals surface area contributed by atoms with E-state index in [0.717, 1.165) is 24.0 Å². The number of fused-ring (bicyclic) bond motifs is 1. The molecule has 0 bridgehead atoms. The number of hydrogen-bond acceptors (Lipinski definition) is 4. The van der Waals surface area contributed by atoms with Crippen LogP contribution in [0.4, 0.5) is 11.4 Å². The van der Waals surface area contributed by atoms with Gasteiger partial charge in [-0.15, -0.1) is 0 Å². The Balaban J connectivity index is 1.51. The maximum atomic E-state index is 13.4. The molecule has 0 aromatic heterocycles. The summed E-state index contributed by atoms with van der Waals surface area (Å²) in [6, 6.07) is 20.6. The second kappa shape index (κ2) is 9.69. The van der Waals surface area contributed by atoms with Gasteiger partial charge < -0.3 is 10.2 Å². The minimum atomic E-state index is -3.81. The first-order chi connectivity index (χ1) is 16.3. The molecule has 3 aromatic rings. The lowest BCUT2D eigenvalue weighted by Gasteiger charge is -2.30. The molecule has 0 atom stereocenters. The number of nitrogens with zero attached hydrogens (tertiary/aromatic N) is 2. The quantitative estimate of drug-likeness (QED) is 0.586. The van der Waals surface area contributed by atoms with E-state index in [-0.39, 0.29) is 22.8 Å². The van der Waals surface area contributed by atoms with Gasteiger partial charge >= 0.3 is 0 Å². The largest absolute Gasteiger partial charge is 0.349 e. The number of rotatable bonds is 6. The lowest BCUT2D eigenvalue weighted by atomic mass is 10.0. The molecule has 34 heavy (non-hydrogen) atoms. The number of hydrogen-bond donors (Lipinski definition) is 1. The Morgan fingerprint density at radius 2 is 1.71 bits per heavy atom. The van der Waals surface area contributed by atoms with E-state index in [2.05, 4.69) is 5.32 Å². The summed E-state index contributed by atoms with van der Waals surface area (Å²) in [4.78, 5) is 26.3. The fourth-order valence-corrected chi connectivity index (χ4v) is 5.50. The molecule has 8 heteroatoms. The van der Waals surface area contributed by atoms with Gasteiger partial charge in [-0.05, 0) is 60.4 Å². The lowest BCUT2D eigenvalue weighted by Crippen LogP contribution is -2.35. The van der Waals surface area contributed by atoms with E-state index in [1.807, 2.05) is 24.3 Å². The second-order valence-electron chi connectivity index (χ2n) is 8.45. The number of aryl methyl sites for hydroxylation is 1. The molecular weight excluding hydrogens is 450 g/mol. The summed E-state index contributed by atoms with van der Waals surface area (Å²) in [5.74, 6) is -0.417. The Morgan fingerprint density at radius 3 is 2.44 bits per heavy atom. The summed E-state index contributed by atoms with van der Waals surface area (Å²) in [5, 5.41) is 2.79. The van der Waals surface area contributed by atoms with Gasteiger partial charge in [0.05, 0.1) is 17.0 Å². The van der Waals surface area contributed by atoms with Gasteiger partial charge in [0, 0.05) is 31.9 Å². The third-order valence-electron chi connectivity index (χ3n) is 5.82. The van der Waals surface area contributed by atoms with Crippen LogP contribution in [0.25, 0.3) is 0 Å². The van der Waals surface area contributed by atoms with Gasteiger partial charge in [-0.3, -0.25) is 13.9 Å². The number of anilines is 2. The zero-order valence-electron chi connectivity index (χ0n) is 19.2. The highest BCUT2D eigenvalue weighted by atomic mass is 32.2. The van der Waals surface area contributed by atoms with Gasteiger partial charge in [-0.1, -0.05) is 36.4 Å². The van der Waals surface area contributed by atoms with Crippen molar-refractivity contribution < 1.29 is 18.0 Å². The normalized spacial score (nSPS) is 13.2. The second-order valence-corrected chi connectivity index (χ2v) is 10.3. The molecule has 0 saturated heterocycles. The molecule has 1 N–H and O–H groups in total. The number of nitrogens with one attached hydrogen (secondary N) is 1. The fraction of sp³-hybridized carbons (Fsp3) is 0.231. The van der Waals surface area contributed by atoms with E-state index >= 15 is 0 Å². The van der Waals surface area contributed by atoms with Crippen LogP contribution in [0.2, 0.25) is 0 Å². The molecule has 7 nitrogen and oxygen atoms in total. The number of benzene rings is 3. The summed E-state index contributed by atoms with van der Waals surface area (Å²) in [7, 11) is -0.404. The summed E-state index contributed by atoms with van der Waals surface area (Å²) >= 11 is 0. The highest BCUT2D eigenvalue weighted by Gasteiger charge is 2.29. The Morgan fingerprint density at radius 1 is 0.971 bits per heavy atom. The standard InChI is InChI=1S/C26H27N3O4S/c1-28(2)25(30)17-19-12-14-22(15-13-19)27-26(31)21-8-5-10-23(18-21)34(32,33)29-16-6-9-20-7-3-4-11-24(20)29/h3-5,7-8,10-15,18H,6,9,16-17H2,1-2H3,(H,27,31). The highest BCUT2D eigenvalue weighted by molar-refractivity contribution is 7.92. The number of sulfonamides is 1. The van der Waals surface area contributed by atoms with Crippen molar-refractivity contribution in [3.8, 4) is 0 Å². The van der Waals surface area contributed by atoms with E-state index in [4.69, 9.17) is 0 Å². The van der Waals surface area contributed by atoms with Crippen molar-refractivity contribution in [1.29, 1.82) is 0 Å². The number of amides is 2. The molecule has 0 aliphatic carbocycles. The Kier molecular flexibility index (Phi) is 6.70. The van der Waals surface area contributed by atoms with Crippen LogP contribution >= 0.6 is 0 Å². The van der Waals surface area contributed by atoms with Crippen LogP contribution in [0.15, 0.2) is 77.7 Å². The molecule has 176 valence electrons. The van der Waals surface area contributed by atoms with Crippen molar-refractivity contribution in [2.45, 2.75) is 24.2 Å². The van der Waals surface area contributed by atoms with Crippen LogP contribution in [-0.4, -0.2) is 45.8 Å². The minimum Gasteiger partial charge on any atom is -0.349 e. The first-order valence-electron chi connectivity index (χ1n) is 11.1. The van der Waals surface area contributed by atoms with Gasteiger partial charge in [0.15, 0.2) is 0 Å². The first-order valence-corrected chi connectivity index (χ1v) is 12.5. The fourth-order valence-electron chi connectivity index (χ4n) is 3.92. The number of carbonyl (C=O) groups is 2. The van der Waals surface area contributed by atoms with Crippen molar-refractivity contribution in [2.24, 2.45) is 0 Å². The Bertz CT molecular complexity index is 1320. The maximum Gasteiger partial charge on any atom is 0.264 e. The lowest BCUT2D eigenvalue weighted by molar-refractivity contribution is -0.127. The topological polar surface area (TPSA) is 86.8 Å². The summed E-state index contributed by atoms with van der Waals surface area (Å²) in [6.45, 7) is 0.401. The van der Waals surface area contributed by atoms with Crippen LogP contribution in [0, 0.1) is 0 Å². The smallest absolute Gasteiger partial charge is 0.264 e. The molecule has 1 aliphatic heterocycles. The Labute approximate surface area is 200 Å². The molecule has 1 aliphatic rings.